The van der Waals surface area contributed by atoms with Gasteiger partial charge in [0.2, 0.25) is 5.88 Å². The maximum Gasteiger partial charge on any atom is 0.263 e. The molecule has 5 heteroatoms. The molecule has 21 heavy (non-hydrogen) atoms. The van der Waals surface area contributed by atoms with Crippen LogP contribution >= 0.6 is 15.9 Å². The number of anilines is 1. The topological polar surface area (TPSA) is 42.4 Å². The van der Waals surface area contributed by atoms with Crippen molar-refractivity contribution in [3.63, 3.8) is 0 Å². The van der Waals surface area contributed by atoms with Gasteiger partial charge in [0.15, 0.2) is 0 Å². The molecule has 0 radical (unpaired) electrons. The molecule has 2 aromatic rings. The number of hydrogen-bond donors (Lipinski definition) is 0. The number of nitrogens with zero attached hydrogens (tertiary/aromatic N) is 2. The van der Waals surface area contributed by atoms with Gasteiger partial charge in [0.25, 0.3) is 5.91 Å². The van der Waals surface area contributed by atoms with Gasteiger partial charge in [-0.25, -0.2) is 4.98 Å². The van der Waals surface area contributed by atoms with Gasteiger partial charge < -0.3 is 9.64 Å². The van der Waals surface area contributed by atoms with Crippen LogP contribution in [0.3, 0.4) is 0 Å². The third-order valence-corrected chi connectivity index (χ3v) is 3.64. The lowest BCUT2D eigenvalue weighted by molar-refractivity contribution is 0.0984. The Labute approximate surface area is 132 Å². The van der Waals surface area contributed by atoms with E-state index >= 15 is 0 Å². The summed E-state index contributed by atoms with van der Waals surface area (Å²) >= 11 is 3.35. The Kier molecular flexibility index (Phi) is 4.96. The van der Waals surface area contributed by atoms with E-state index in [-0.39, 0.29) is 5.91 Å². The molecule has 1 aromatic carbocycles. The molecule has 0 unspecified atom stereocenters. The summed E-state index contributed by atoms with van der Waals surface area (Å²) in [6.07, 6.45) is 1.61. The molecule has 0 aliphatic carbocycles. The van der Waals surface area contributed by atoms with Gasteiger partial charge in [0, 0.05) is 22.9 Å². The van der Waals surface area contributed by atoms with Crippen molar-refractivity contribution in [2.75, 3.05) is 18.6 Å². The van der Waals surface area contributed by atoms with Crippen molar-refractivity contribution < 1.29 is 9.53 Å². The largest absolute Gasteiger partial charge is 0.480 e. The number of aromatic nitrogens is 1. The average Bonchev–Trinajstić information content (AvgIpc) is 2.49. The number of para-hydroxylation sites is 1. The van der Waals surface area contributed by atoms with Gasteiger partial charge in [0.1, 0.15) is 5.56 Å². The fourth-order valence-electron chi connectivity index (χ4n) is 2.18. The van der Waals surface area contributed by atoms with E-state index in [1.54, 1.807) is 17.2 Å². The standard InChI is InChI=1S/C16H17BrN2O2/c1-4-19(14-8-6-5-7-11(14)2)16(20)13-9-12(17)10-18-15(13)21-3/h5-10H,4H2,1-3H3. The van der Waals surface area contributed by atoms with E-state index < -0.39 is 0 Å². The lowest BCUT2D eigenvalue weighted by Crippen LogP contribution is -2.31. The fraction of sp³-hybridized carbons (Fsp3) is 0.250. The molecule has 0 fully saturated rings. The van der Waals surface area contributed by atoms with Gasteiger partial charge in [-0.3, -0.25) is 4.79 Å². The van der Waals surface area contributed by atoms with Crippen LogP contribution in [0.1, 0.15) is 22.8 Å². The van der Waals surface area contributed by atoms with Gasteiger partial charge in [-0.15, -0.1) is 0 Å². The van der Waals surface area contributed by atoms with Gasteiger partial charge >= 0.3 is 0 Å². The zero-order valence-corrected chi connectivity index (χ0v) is 13.8. The summed E-state index contributed by atoms with van der Waals surface area (Å²) in [6, 6.07) is 9.54. The molecule has 1 amide bonds. The number of ether oxygens (including phenoxy) is 1. The van der Waals surface area contributed by atoms with Gasteiger partial charge in [-0.2, -0.15) is 0 Å². The van der Waals surface area contributed by atoms with E-state index in [2.05, 4.69) is 20.9 Å². The van der Waals surface area contributed by atoms with E-state index in [0.717, 1.165) is 15.7 Å². The Bertz CT molecular complexity index is 658. The molecule has 0 saturated heterocycles. The molecule has 1 aromatic heterocycles. The SMILES string of the molecule is CCN(C(=O)c1cc(Br)cnc1OC)c1ccccc1C. The third kappa shape index (κ3) is 3.24. The van der Waals surface area contributed by atoms with Crippen molar-refractivity contribution in [2.45, 2.75) is 13.8 Å². The second-order valence-electron chi connectivity index (χ2n) is 4.55. The molecule has 0 aliphatic heterocycles. The Balaban J connectivity index is 2.46. The van der Waals surface area contributed by atoms with Gasteiger partial charge in [0.05, 0.1) is 7.11 Å². The molecule has 4 nitrogen and oxygen atoms in total. The van der Waals surface area contributed by atoms with Crippen molar-refractivity contribution in [1.82, 2.24) is 4.98 Å². The summed E-state index contributed by atoms with van der Waals surface area (Å²) in [7, 11) is 1.51. The Morgan fingerprint density at radius 3 is 2.71 bits per heavy atom. The van der Waals surface area contributed by atoms with Gasteiger partial charge in [-0.05, 0) is 47.5 Å². The van der Waals surface area contributed by atoms with Crippen LogP contribution in [0.4, 0.5) is 5.69 Å². The first-order valence-corrected chi connectivity index (χ1v) is 7.44. The Morgan fingerprint density at radius 2 is 2.10 bits per heavy atom. The molecular formula is C16H17BrN2O2. The highest BCUT2D eigenvalue weighted by atomic mass is 79.9. The zero-order valence-electron chi connectivity index (χ0n) is 12.3. The van der Waals surface area contributed by atoms with Crippen LogP contribution in [0.5, 0.6) is 5.88 Å². The van der Waals surface area contributed by atoms with E-state index in [4.69, 9.17) is 4.74 Å². The molecule has 0 saturated carbocycles. The summed E-state index contributed by atoms with van der Waals surface area (Å²) in [5, 5.41) is 0. The lowest BCUT2D eigenvalue weighted by Gasteiger charge is -2.23. The summed E-state index contributed by atoms with van der Waals surface area (Å²) in [5.74, 6) is 0.202. The number of carbonyl (C=O) groups is 1. The fourth-order valence-corrected chi connectivity index (χ4v) is 2.51. The van der Waals surface area contributed by atoms with E-state index in [9.17, 15) is 4.79 Å². The maximum atomic E-state index is 12.8. The molecule has 0 N–H and O–H groups in total. The van der Waals surface area contributed by atoms with Crippen LogP contribution < -0.4 is 9.64 Å². The van der Waals surface area contributed by atoms with Crippen LogP contribution in [0.25, 0.3) is 0 Å². The van der Waals surface area contributed by atoms with Crippen LogP contribution in [-0.4, -0.2) is 24.5 Å². The number of halogens is 1. The number of hydrogen-bond acceptors (Lipinski definition) is 3. The first-order valence-electron chi connectivity index (χ1n) is 6.65. The quantitative estimate of drug-likeness (QED) is 0.843. The first-order chi connectivity index (χ1) is 10.1. The van der Waals surface area contributed by atoms with Crippen molar-refractivity contribution in [1.29, 1.82) is 0 Å². The molecule has 0 bridgehead atoms. The van der Waals surface area contributed by atoms with E-state index in [0.29, 0.717) is 18.0 Å². The highest BCUT2D eigenvalue weighted by molar-refractivity contribution is 9.10. The molecule has 0 aliphatic rings. The molecule has 1 heterocycles. The maximum absolute atomic E-state index is 12.8. The monoisotopic (exact) mass is 348 g/mol. The van der Waals surface area contributed by atoms with Gasteiger partial charge in [-0.1, -0.05) is 18.2 Å². The minimum atomic E-state index is -0.127. The number of rotatable bonds is 4. The molecule has 0 atom stereocenters. The van der Waals surface area contributed by atoms with Crippen LogP contribution in [0.2, 0.25) is 0 Å². The number of pyridine rings is 1. The smallest absolute Gasteiger partial charge is 0.263 e. The average molecular weight is 349 g/mol. The second kappa shape index (κ2) is 6.72. The lowest BCUT2D eigenvalue weighted by atomic mass is 10.1. The second-order valence-corrected chi connectivity index (χ2v) is 5.46. The number of methoxy groups -OCH3 is 1. The molecule has 110 valence electrons. The Hall–Kier alpha value is -1.88. The third-order valence-electron chi connectivity index (χ3n) is 3.21. The number of carbonyl (C=O) groups excluding carboxylic acids is 1. The molecule has 2 rings (SSSR count). The predicted octanol–water partition coefficient (Wildman–Crippen LogP) is 3.83. The van der Waals surface area contributed by atoms with Crippen molar-refractivity contribution in [2.24, 2.45) is 0 Å². The summed E-state index contributed by atoms with van der Waals surface area (Å²) in [4.78, 5) is 18.7. The number of amides is 1. The van der Waals surface area contributed by atoms with Crippen LogP contribution in [0.15, 0.2) is 41.0 Å². The number of benzene rings is 1. The molecule has 0 spiro atoms. The zero-order chi connectivity index (χ0) is 15.4. The molecular weight excluding hydrogens is 332 g/mol. The number of aryl methyl sites for hydroxylation is 1. The van der Waals surface area contributed by atoms with Crippen molar-refractivity contribution in [3.05, 3.63) is 52.1 Å². The summed E-state index contributed by atoms with van der Waals surface area (Å²) in [5.41, 5.74) is 2.39. The predicted molar refractivity (Wildman–Crippen MR) is 87.0 cm³/mol. The highest BCUT2D eigenvalue weighted by Gasteiger charge is 2.22. The summed E-state index contributed by atoms with van der Waals surface area (Å²) in [6.45, 7) is 4.50. The first kappa shape index (κ1) is 15.5. The van der Waals surface area contributed by atoms with E-state index in [1.807, 2.05) is 38.1 Å². The highest BCUT2D eigenvalue weighted by Crippen LogP contribution is 2.26. The van der Waals surface area contributed by atoms with Crippen molar-refractivity contribution >= 4 is 27.5 Å². The van der Waals surface area contributed by atoms with Crippen LogP contribution in [0, 0.1) is 6.92 Å². The Morgan fingerprint density at radius 1 is 1.38 bits per heavy atom. The summed E-state index contributed by atoms with van der Waals surface area (Å²) < 4.78 is 5.95. The van der Waals surface area contributed by atoms with E-state index in [1.165, 1.54) is 7.11 Å². The normalized spacial score (nSPS) is 10.3. The minimum absolute atomic E-state index is 0.127. The minimum Gasteiger partial charge on any atom is -0.480 e. The van der Waals surface area contributed by atoms with Crippen LogP contribution in [-0.2, 0) is 0 Å². The van der Waals surface area contributed by atoms with Crippen molar-refractivity contribution in [3.8, 4) is 5.88 Å².